The summed E-state index contributed by atoms with van der Waals surface area (Å²) in [6.45, 7) is 2.00. The first kappa shape index (κ1) is 10.3. The second kappa shape index (κ2) is 5.03. The van der Waals surface area contributed by atoms with Gasteiger partial charge in [0, 0.05) is 17.9 Å². The van der Waals surface area contributed by atoms with Crippen LogP contribution in [0.25, 0.3) is 0 Å². The van der Waals surface area contributed by atoms with E-state index < -0.39 is 0 Å². The molecule has 0 saturated heterocycles. The number of carbonyl (C=O) groups excluding carboxylic acids is 1. The second-order valence-corrected chi connectivity index (χ2v) is 3.46. The Morgan fingerprint density at radius 3 is 2.69 bits per heavy atom. The molecule has 1 nitrogen and oxygen atoms in total. The average Bonchev–Trinajstić information content (AvgIpc) is 2.09. The lowest BCUT2D eigenvalue weighted by atomic mass is 10.1. The topological polar surface area (TPSA) is 17.1 Å². The van der Waals surface area contributed by atoms with Crippen molar-refractivity contribution >= 4 is 17.4 Å². The Bertz CT molecular complexity index is 294. The van der Waals surface area contributed by atoms with Gasteiger partial charge in [-0.05, 0) is 18.1 Å². The molecule has 0 N–H and O–H groups in total. The molecule has 0 unspecified atom stereocenters. The van der Waals surface area contributed by atoms with Crippen LogP contribution in [-0.2, 0) is 11.2 Å². The second-order valence-electron chi connectivity index (χ2n) is 3.06. The summed E-state index contributed by atoms with van der Waals surface area (Å²) in [7, 11) is 0. The highest BCUT2D eigenvalue weighted by Crippen LogP contribution is 2.16. The number of halogens is 1. The fourth-order valence-corrected chi connectivity index (χ4v) is 1.42. The van der Waals surface area contributed by atoms with Gasteiger partial charge in [-0.1, -0.05) is 36.7 Å². The van der Waals surface area contributed by atoms with E-state index >= 15 is 0 Å². The van der Waals surface area contributed by atoms with Gasteiger partial charge in [0.05, 0.1) is 0 Å². The molecule has 13 heavy (non-hydrogen) atoms. The Labute approximate surface area is 83.7 Å². The van der Waals surface area contributed by atoms with Crippen molar-refractivity contribution in [2.24, 2.45) is 0 Å². The van der Waals surface area contributed by atoms with E-state index in [9.17, 15) is 4.79 Å². The normalized spacial score (nSPS) is 10.0. The Hall–Kier alpha value is -0.820. The van der Waals surface area contributed by atoms with Gasteiger partial charge in [-0.25, -0.2) is 0 Å². The highest BCUT2D eigenvalue weighted by molar-refractivity contribution is 6.31. The summed E-state index contributed by atoms with van der Waals surface area (Å²) in [4.78, 5) is 11.3. The maximum absolute atomic E-state index is 11.3. The van der Waals surface area contributed by atoms with Crippen molar-refractivity contribution in [2.75, 3.05) is 0 Å². The number of ketones is 1. The van der Waals surface area contributed by atoms with Crippen LogP contribution in [0.5, 0.6) is 0 Å². The van der Waals surface area contributed by atoms with Crippen molar-refractivity contribution in [3.63, 3.8) is 0 Å². The molecule has 0 aliphatic heterocycles. The fraction of sp³-hybridized carbons (Fsp3) is 0.364. The molecule has 0 heterocycles. The molecule has 0 amide bonds. The summed E-state index contributed by atoms with van der Waals surface area (Å²) in [5.74, 6) is 0.260. The van der Waals surface area contributed by atoms with Crippen LogP contribution in [0.1, 0.15) is 25.3 Å². The third-order valence-electron chi connectivity index (χ3n) is 1.87. The van der Waals surface area contributed by atoms with Crippen LogP contribution in [0.3, 0.4) is 0 Å². The molecule has 0 fully saturated rings. The third kappa shape index (κ3) is 3.19. The summed E-state index contributed by atoms with van der Waals surface area (Å²) in [5, 5.41) is 0.687. The molecule has 0 atom stereocenters. The van der Waals surface area contributed by atoms with Gasteiger partial charge in [-0.3, -0.25) is 4.79 Å². The van der Waals surface area contributed by atoms with Crippen LogP contribution in [0.2, 0.25) is 5.02 Å². The third-order valence-corrected chi connectivity index (χ3v) is 2.24. The lowest BCUT2D eigenvalue weighted by Gasteiger charge is -2.01. The molecule has 0 aliphatic carbocycles. The predicted molar refractivity (Wildman–Crippen MR) is 55.1 cm³/mol. The smallest absolute Gasteiger partial charge is 0.137 e. The van der Waals surface area contributed by atoms with Gasteiger partial charge in [-0.15, -0.1) is 0 Å². The van der Waals surface area contributed by atoms with Crippen LogP contribution < -0.4 is 0 Å². The number of rotatable bonds is 4. The van der Waals surface area contributed by atoms with E-state index in [1.54, 1.807) is 0 Å². The van der Waals surface area contributed by atoms with E-state index in [0.29, 0.717) is 17.9 Å². The zero-order valence-corrected chi connectivity index (χ0v) is 8.47. The number of carbonyl (C=O) groups is 1. The highest BCUT2D eigenvalue weighted by Gasteiger charge is 2.04. The summed E-state index contributed by atoms with van der Waals surface area (Å²) in [5.41, 5.74) is 0.933. The summed E-state index contributed by atoms with van der Waals surface area (Å²) in [6.07, 6.45) is 2.02. The lowest BCUT2D eigenvalue weighted by molar-refractivity contribution is -0.118. The molecule has 1 rings (SSSR count). The van der Waals surface area contributed by atoms with Gasteiger partial charge >= 0.3 is 0 Å². The highest BCUT2D eigenvalue weighted by atomic mass is 35.5. The summed E-state index contributed by atoms with van der Waals surface area (Å²) >= 11 is 5.92. The van der Waals surface area contributed by atoms with E-state index in [2.05, 4.69) is 0 Å². The quantitative estimate of drug-likeness (QED) is 0.723. The largest absolute Gasteiger partial charge is 0.299 e. The first-order chi connectivity index (χ1) is 6.24. The van der Waals surface area contributed by atoms with E-state index in [1.807, 2.05) is 31.2 Å². The van der Waals surface area contributed by atoms with Crippen LogP contribution in [0, 0.1) is 0 Å². The molecule has 0 bridgehead atoms. The Morgan fingerprint density at radius 1 is 1.38 bits per heavy atom. The van der Waals surface area contributed by atoms with Gasteiger partial charge in [0.2, 0.25) is 0 Å². The minimum Gasteiger partial charge on any atom is -0.299 e. The van der Waals surface area contributed by atoms with Crippen LogP contribution in [-0.4, -0.2) is 5.78 Å². The monoisotopic (exact) mass is 196 g/mol. The van der Waals surface area contributed by atoms with Crippen LogP contribution in [0.4, 0.5) is 0 Å². The lowest BCUT2D eigenvalue weighted by Crippen LogP contribution is -2.01. The zero-order valence-electron chi connectivity index (χ0n) is 7.72. The van der Waals surface area contributed by atoms with Crippen molar-refractivity contribution in [1.29, 1.82) is 0 Å². The van der Waals surface area contributed by atoms with Gasteiger partial charge in [-0.2, -0.15) is 0 Å². The maximum atomic E-state index is 11.3. The zero-order chi connectivity index (χ0) is 9.68. The standard InChI is InChI=1S/C11H13ClO/c1-2-5-10(13)8-9-6-3-4-7-11(9)12/h3-4,6-7H,2,5,8H2,1H3. The minimum absolute atomic E-state index is 0.260. The van der Waals surface area contributed by atoms with Gasteiger partial charge in [0.1, 0.15) is 5.78 Å². The number of benzene rings is 1. The van der Waals surface area contributed by atoms with Crippen molar-refractivity contribution in [1.82, 2.24) is 0 Å². The number of hydrogen-bond acceptors (Lipinski definition) is 1. The molecule has 0 radical (unpaired) electrons. The van der Waals surface area contributed by atoms with Crippen LogP contribution >= 0.6 is 11.6 Å². The van der Waals surface area contributed by atoms with Crippen molar-refractivity contribution in [3.05, 3.63) is 34.9 Å². The molecule has 1 aromatic rings. The van der Waals surface area contributed by atoms with E-state index in [4.69, 9.17) is 11.6 Å². The molecular formula is C11H13ClO. The molecule has 0 aliphatic rings. The fourth-order valence-electron chi connectivity index (χ4n) is 1.22. The van der Waals surface area contributed by atoms with Gasteiger partial charge < -0.3 is 0 Å². The Morgan fingerprint density at radius 2 is 2.08 bits per heavy atom. The molecule has 0 saturated carbocycles. The summed E-state index contributed by atoms with van der Waals surface area (Å²) in [6, 6.07) is 7.49. The van der Waals surface area contributed by atoms with E-state index in [-0.39, 0.29) is 5.78 Å². The molecule has 1 aromatic carbocycles. The Kier molecular flexibility index (Phi) is 3.97. The predicted octanol–water partition coefficient (Wildman–Crippen LogP) is 3.25. The van der Waals surface area contributed by atoms with Gasteiger partial charge in [0.15, 0.2) is 0 Å². The summed E-state index contributed by atoms with van der Waals surface area (Å²) < 4.78 is 0. The average molecular weight is 197 g/mol. The molecule has 0 spiro atoms. The number of hydrogen-bond donors (Lipinski definition) is 0. The molecular weight excluding hydrogens is 184 g/mol. The molecule has 70 valence electrons. The first-order valence-electron chi connectivity index (χ1n) is 4.49. The molecule has 0 aromatic heterocycles. The van der Waals surface area contributed by atoms with Crippen molar-refractivity contribution < 1.29 is 4.79 Å². The minimum atomic E-state index is 0.260. The van der Waals surface area contributed by atoms with Crippen molar-refractivity contribution in [3.8, 4) is 0 Å². The number of Topliss-reactive ketones (excluding diaryl/α,β-unsaturated/α-hetero) is 1. The molecule has 2 heteroatoms. The maximum Gasteiger partial charge on any atom is 0.137 e. The van der Waals surface area contributed by atoms with Gasteiger partial charge in [0.25, 0.3) is 0 Å². The SMILES string of the molecule is CCCC(=O)Cc1ccccc1Cl. The van der Waals surface area contributed by atoms with Crippen molar-refractivity contribution in [2.45, 2.75) is 26.2 Å². The first-order valence-corrected chi connectivity index (χ1v) is 4.87. The van der Waals surface area contributed by atoms with E-state index in [0.717, 1.165) is 12.0 Å². The Balaban J connectivity index is 2.63. The van der Waals surface area contributed by atoms with Crippen LogP contribution in [0.15, 0.2) is 24.3 Å². The van der Waals surface area contributed by atoms with E-state index in [1.165, 1.54) is 0 Å².